The molecule has 1 aliphatic carbocycles. The third-order valence-electron chi connectivity index (χ3n) is 3.94. The Kier molecular flexibility index (Phi) is 8.31. The van der Waals surface area contributed by atoms with Gasteiger partial charge in [0.15, 0.2) is 5.78 Å². The third-order valence-corrected chi connectivity index (χ3v) is 3.94. The molecule has 1 aliphatic rings. The molecule has 1 rings (SSSR count). The van der Waals surface area contributed by atoms with Crippen LogP contribution in [0, 0.1) is 5.92 Å². The number of ether oxygens (including phenoxy) is 1. The van der Waals surface area contributed by atoms with Crippen molar-refractivity contribution in [2.75, 3.05) is 6.61 Å². The fourth-order valence-corrected chi connectivity index (χ4v) is 2.82. The van der Waals surface area contributed by atoms with Gasteiger partial charge in [-0.05, 0) is 63.5 Å². The van der Waals surface area contributed by atoms with Gasteiger partial charge < -0.3 is 4.74 Å². The molecule has 0 aromatic heterocycles. The normalized spacial score (nSPS) is 17.3. The van der Waals surface area contributed by atoms with E-state index in [0.29, 0.717) is 12.5 Å². The van der Waals surface area contributed by atoms with Crippen LogP contribution in [-0.4, -0.2) is 18.4 Å². The molecular formula is C20H28O3. The van der Waals surface area contributed by atoms with Gasteiger partial charge in [-0.2, -0.15) is 0 Å². The number of Topliss-reactive ketones (excluding diaryl/α,β-unsaturated/α-hetero) is 1. The summed E-state index contributed by atoms with van der Waals surface area (Å²) in [6.07, 6.45) is 13.6. The van der Waals surface area contributed by atoms with Crippen molar-refractivity contribution in [1.82, 2.24) is 0 Å². The van der Waals surface area contributed by atoms with Crippen LogP contribution < -0.4 is 0 Å². The Morgan fingerprint density at radius 3 is 2.61 bits per heavy atom. The molecule has 0 bridgehead atoms. The van der Waals surface area contributed by atoms with Crippen molar-refractivity contribution in [3.63, 3.8) is 0 Å². The molecule has 0 saturated heterocycles. The molecule has 1 unspecified atom stereocenters. The Hall–Kier alpha value is -1.90. The molecule has 0 heterocycles. The number of carbonyl (C=O) groups is 2. The molecule has 0 amide bonds. The van der Waals surface area contributed by atoms with Gasteiger partial charge in [0.05, 0.1) is 6.61 Å². The first-order chi connectivity index (χ1) is 11.0. The zero-order chi connectivity index (χ0) is 17.2. The summed E-state index contributed by atoms with van der Waals surface area (Å²) in [6.45, 7) is 7.88. The van der Waals surface area contributed by atoms with E-state index < -0.39 is 0 Å². The van der Waals surface area contributed by atoms with Crippen LogP contribution in [-0.2, 0) is 14.3 Å². The van der Waals surface area contributed by atoms with Crippen LogP contribution in [0.1, 0.15) is 53.4 Å². The third kappa shape index (κ3) is 6.81. The molecule has 23 heavy (non-hydrogen) atoms. The number of ketones is 1. The molecule has 0 aliphatic heterocycles. The zero-order valence-corrected chi connectivity index (χ0v) is 14.7. The van der Waals surface area contributed by atoms with E-state index in [9.17, 15) is 9.59 Å². The Morgan fingerprint density at radius 1 is 1.22 bits per heavy atom. The maximum Gasteiger partial charge on any atom is 0.330 e. The van der Waals surface area contributed by atoms with Gasteiger partial charge in [0.2, 0.25) is 0 Å². The standard InChI is InChI=1S/C20H28O3/c1-5-23-20(22)14-15(2)10-7-6-8-11-16(3)18-12-9-13-19(18)17(4)21/h7-8,10-11,14,16H,5-6,9,12-13H2,1-4H3/b10-7+,11-8+,15-14+. The second-order valence-electron chi connectivity index (χ2n) is 5.91. The van der Waals surface area contributed by atoms with Crippen molar-refractivity contribution >= 4 is 11.8 Å². The first-order valence-electron chi connectivity index (χ1n) is 8.36. The van der Waals surface area contributed by atoms with Crippen LogP contribution in [0.15, 0.2) is 47.1 Å². The molecule has 126 valence electrons. The lowest BCUT2D eigenvalue weighted by molar-refractivity contribution is -0.137. The summed E-state index contributed by atoms with van der Waals surface area (Å²) in [4.78, 5) is 22.9. The summed E-state index contributed by atoms with van der Waals surface area (Å²) in [7, 11) is 0. The van der Waals surface area contributed by atoms with Crippen LogP contribution in [0.4, 0.5) is 0 Å². The first kappa shape index (κ1) is 19.1. The van der Waals surface area contributed by atoms with E-state index in [1.54, 1.807) is 13.8 Å². The predicted molar refractivity (Wildman–Crippen MR) is 94.0 cm³/mol. The molecule has 0 fully saturated rings. The lowest BCUT2D eigenvalue weighted by Gasteiger charge is -2.10. The number of esters is 1. The van der Waals surface area contributed by atoms with Crippen LogP contribution in [0.25, 0.3) is 0 Å². The molecule has 0 spiro atoms. The van der Waals surface area contributed by atoms with Gasteiger partial charge in [-0.25, -0.2) is 4.79 Å². The van der Waals surface area contributed by atoms with Gasteiger partial charge in [0.25, 0.3) is 0 Å². The van der Waals surface area contributed by atoms with Crippen LogP contribution in [0.5, 0.6) is 0 Å². The van der Waals surface area contributed by atoms with Gasteiger partial charge in [0, 0.05) is 6.08 Å². The van der Waals surface area contributed by atoms with Gasteiger partial charge in [0.1, 0.15) is 0 Å². The highest BCUT2D eigenvalue weighted by molar-refractivity contribution is 5.94. The lowest BCUT2D eigenvalue weighted by Crippen LogP contribution is -2.01. The SMILES string of the molecule is CCOC(=O)/C=C(C)/C=C/C/C=C/C(C)C1=C(C(C)=O)CCC1. The maximum absolute atomic E-state index is 11.6. The van der Waals surface area contributed by atoms with Crippen LogP contribution in [0.2, 0.25) is 0 Å². The van der Waals surface area contributed by atoms with E-state index in [2.05, 4.69) is 19.1 Å². The Labute approximate surface area is 139 Å². The highest BCUT2D eigenvalue weighted by Gasteiger charge is 2.20. The number of allylic oxidation sites excluding steroid dienone is 7. The van der Waals surface area contributed by atoms with Crippen molar-refractivity contribution in [3.05, 3.63) is 47.1 Å². The molecule has 0 aromatic rings. The summed E-state index contributed by atoms with van der Waals surface area (Å²) in [5, 5.41) is 0. The van der Waals surface area contributed by atoms with Crippen molar-refractivity contribution in [1.29, 1.82) is 0 Å². The van der Waals surface area contributed by atoms with E-state index in [1.807, 2.05) is 19.1 Å². The average molecular weight is 316 g/mol. The average Bonchev–Trinajstić information content (AvgIpc) is 2.96. The van der Waals surface area contributed by atoms with Gasteiger partial charge in [-0.15, -0.1) is 0 Å². The summed E-state index contributed by atoms with van der Waals surface area (Å²) in [5.41, 5.74) is 3.21. The second kappa shape index (κ2) is 9.98. The van der Waals surface area contributed by atoms with E-state index in [1.165, 1.54) is 11.6 Å². The second-order valence-corrected chi connectivity index (χ2v) is 5.91. The summed E-state index contributed by atoms with van der Waals surface area (Å²) < 4.78 is 4.86. The molecule has 0 saturated carbocycles. The van der Waals surface area contributed by atoms with E-state index >= 15 is 0 Å². The number of carbonyl (C=O) groups excluding carboxylic acids is 2. The highest BCUT2D eigenvalue weighted by Crippen LogP contribution is 2.32. The molecular weight excluding hydrogens is 288 g/mol. The predicted octanol–water partition coefficient (Wildman–Crippen LogP) is 4.70. The minimum absolute atomic E-state index is 0.220. The summed E-state index contributed by atoms with van der Waals surface area (Å²) in [5.74, 6) is 0.238. The van der Waals surface area contributed by atoms with Crippen LogP contribution >= 0.6 is 0 Å². The topological polar surface area (TPSA) is 43.4 Å². The monoisotopic (exact) mass is 316 g/mol. The van der Waals surface area contributed by atoms with E-state index in [4.69, 9.17) is 4.74 Å². The Bertz CT molecular complexity index is 547. The minimum Gasteiger partial charge on any atom is -0.463 e. The fourth-order valence-electron chi connectivity index (χ4n) is 2.82. The quantitative estimate of drug-likeness (QED) is 0.282. The van der Waals surface area contributed by atoms with Crippen molar-refractivity contribution < 1.29 is 14.3 Å². The van der Waals surface area contributed by atoms with Gasteiger partial charge >= 0.3 is 5.97 Å². The number of hydrogen-bond donors (Lipinski definition) is 0. The minimum atomic E-state index is -0.302. The number of hydrogen-bond acceptors (Lipinski definition) is 3. The van der Waals surface area contributed by atoms with E-state index in [-0.39, 0.29) is 11.8 Å². The zero-order valence-electron chi connectivity index (χ0n) is 14.7. The molecule has 1 atom stereocenters. The van der Waals surface area contributed by atoms with Crippen molar-refractivity contribution in [3.8, 4) is 0 Å². The first-order valence-corrected chi connectivity index (χ1v) is 8.36. The summed E-state index contributed by atoms with van der Waals surface area (Å²) in [6, 6.07) is 0. The smallest absolute Gasteiger partial charge is 0.330 e. The van der Waals surface area contributed by atoms with Gasteiger partial charge in [-0.1, -0.05) is 36.8 Å². The van der Waals surface area contributed by atoms with E-state index in [0.717, 1.165) is 36.8 Å². The Balaban J connectivity index is 2.50. The Morgan fingerprint density at radius 2 is 1.96 bits per heavy atom. The van der Waals surface area contributed by atoms with Crippen molar-refractivity contribution in [2.24, 2.45) is 5.92 Å². The fraction of sp³-hybridized carbons (Fsp3) is 0.500. The summed E-state index contributed by atoms with van der Waals surface area (Å²) >= 11 is 0. The van der Waals surface area contributed by atoms with Crippen LogP contribution in [0.3, 0.4) is 0 Å². The maximum atomic E-state index is 11.6. The number of rotatable bonds is 8. The molecule has 3 nitrogen and oxygen atoms in total. The largest absolute Gasteiger partial charge is 0.463 e. The lowest BCUT2D eigenvalue weighted by atomic mass is 9.95. The molecule has 0 aromatic carbocycles. The molecule has 0 N–H and O–H groups in total. The highest BCUT2D eigenvalue weighted by atomic mass is 16.5. The molecule has 3 heteroatoms. The molecule has 0 radical (unpaired) electrons. The van der Waals surface area contributed by atoms with Crippen molar-refractivity contribution in [2.45, 2.75) is 53.4 Å². The van der Waals surface area contributed by atoms with Gasteiger partial charge in [-0.3, -0.25) is 4.79 Å².